The van der Waals surface area contributed by atoms with Crippen LogP contribution in [0.2, 0.25) is 5.02 Å². The summed E-state index contributed by atoms with van der Waals surface area (Å²) in [6.45, 7) is 2.06. The second-order valence-electron chi connectivity index (χ2n) is 3.67. The molecule has 1 aliphatic rings. The van der Waals surface area contributed by atoms with Crippen molar-refractivity contribution in [1.82, 2.24) is 5.32 Å². The molecule has 0 radical (unpaired) electrons. The molecule has 80 valence electrons. The first kappa shape index (κ1) is 11.0. The van der Waals surface area contributed by atoms with Crippen LogP contribution >= 0.6 is 27.5 Å². The predicted octanol–water partition coefficient (Wildman–Crippen LogP) is 3.17. The molecule has 0 saturated heterocycles. The van der Waals surface area contributed by atoms with E-state index >= 15 is 0 Å². The Balaban J connectivity index is 2.53. The molecular weight excluding hydrogens is 277 g/mol. The zero-order valence-electron chi connectivity index (χ0n) is 8.31. The molecule has 4 heteroatoms. The minimum absolute atomic E-state index is 0.0301. The summed E-state index contributed by atoms with van der Waals surface area (Å²) in [6.07, 6.45) is 1.74. The van der Waals surface area contributed by atoms with E-state index in [1.807, 2.05) is 12.1 Å². The van der Waals surface area contributed by atoms with E-state index in [-0.39, 0.29) is 11.9 Å². The van der Waals surface area contributed by atoms with E-state index in [1.54, 1.807) is 0 Å². The second kappa shape index (κ2) is 4.14. The predicted molar refractivity (Wildman–Crippen MR) is 64.4 cm³/mol. The van der Waals surface area contributed by atoms with Crippen LogP contribution in [-0.2, 0) is 6.42 Å². The van der Waals surface area contributed by atoms with Crippen LogP contribution in [0.5, 0.6) is 0 Å². The molecule has 0 saturated carbocycles. The van der Waals surface area contributed by atoms with Crippen molar-refractivity contribution in [1.29, 1.82) is 0 Å². The highest BCUT2D eigenvalue weighted by Crippen LogP contribution is 2.31. The SMILES string of the molecule is CCC1Cc2c(Cl)ccc(Br)c2C(=O)N1. The molecule has 1 unspecified atom stereocenters. The maximum Gasteiger partial charge on any atom is 0.252 e. The largest absolute Gasteiger partial charge is 0.349 e. The fourth-order valence-electron chi connectivity index (χ4n) is 1.84. The third-order valence-corrected chi connectivity index (χ3v) is 3.73. The van der Waals surface area contributed by atoms with Crippen molar-refractivity contribution in [3.8, 4) is 0 Å². The summed E-state index contributed by atoms with van der Waals surface area (Å²) in [7, 11) is 0. The van der Waals surface area contributed by atoms with E-state index in [0.717, 1.165) is 22.9 Å². The summed E-state index contributed by atoms with van der Waals surface area (Å²) < 4.78 is 0.814. The Morgan fingerprint density at radius 1 is 1.60 bits per heavy atom. The Morgan fingerprint density at radius 3 is 3.00 bits per heavy atom. The smallest absolute Gasteiger partial charge is 0.252 e. The molecule has 0 aromatic heterocycles. The minimum Gasteiger partial charge on any atom is -0.349 e. The fourth-order valence-corrected chi connectivity index (χ4v) is 2.63. The fraction of sp³-hybridized carbons (Fsp3) is 0.364. The Hall–Kier alpha value is -0.540. The van der Waals surface area contributed by atoms with Crippen molar-refractivity contribution < 1.29 is 4.79 Å². The van der Waals surface area contributed by atoms with Crippen molar-refractivity contribution >= 4 is 33.4 Å². The van der Waals surface area contributed by atoms with Gasteiger partial charge in [-0.05, 0) is 46.5 Å². The normalized spacial score (nSPS) is 19.7. The number of rotatable bonds is 1. The third kappa shape index (κ3) is 1.91. The van der Waals surface area contributed by atoms with Gasteiger partial charge in [-0.15, -0.1) is 0 Å². The van der Waals surface area contributed by atoms with Gasteiger partial charge in [0.05, 0.1) is 5.56 Å². The van der Waals surface area contributed by atoms with Gasteiger partial charge in [-0.2, -0.15) is 0 Å². The van der Waals surface area contributed by atoms with Crippen molar-refractivity contribution in [2.45, 2.75) is 25.8 Å². The average molecular weight is 289 g/mol. The lowest BCUT2D eigenvalue weighted by atomic mass is 9.94. The van der Waals surface area contributed by atoms with Gasteiger partial charge in [0.1, 0.15) is 0 Å². The topological polar surface area (TPSA) is 29.1 Å². The molecule has 1 N–H and O–H groups in total. The van der Waals surface area contributed by atoms with Gasteiger partial charge in [-0.1, -0.05) is 18.5 Å². The monoisotopic (exact) mass is 287 g/mol. The van der Waals surface area contributed by atoms with Gasteiger partial charge < -0.3 is 5.32 Å². The Morgan fingerprint density at radius 2 is 2.33 bits per heavy atom. The van der Waals surface area contributed by atoms with Gasteiger partial charge >= 0.3 is 0 Å². The third-order valence-electron chi connectivity index (χ3n) is 2.71. The van der Waals surface area contributed by atoms with Crippen LogP contribution in [0, 0.1) is 0 Å². The summed E-state index contributed by atoms with van der Waals surface area (Å²) in [5.74, 6) is -0.0301. The highest BCUT2D eigenvalue weighted by atomic mass is 79.9. The van der Waals surface area contributed by atoms with Crippen LogP contribution in [0.15, 0.2) is 16.6 Å². The number of nitrogens with one attached hydrogen (secondary N) is 1. The molecule has 2 rings (SSSR count). The van der Waals surface area contributed by atoms with Gasteiger partial charge in [0.15, 0.2) is 0 Å². The molecule has 2 nitrogen and oxygen atoms in total. The van der Waals surface area contributed by atoms with Crippen LogP contribution in [0.3, 0.4) is 0 Å². The quantitative estimate of drug-likeness (QED) is 0.845. The van der Waals surface area contributed by atoms with E-state index in [0.29, 0.717) is 10.6 Å². The van der Waals surface area contributed by atoms with E-state index in [2.05, 4.69) is 28.2 Å². The van der Waals surface area contributed by atoms with Crippen molar-refractivity contribution in [2.75, 3.05) is 0 Å². The number of amides is 1. The lowest BCUT2D eigenvalue weighted by Crippen LogP contribution is -2.41. The van der Waals surface area contributed by atoms with E-state index in [4.69, 9.17) is 11.6 Å². The van der Waals surface area contributed by atoms with Gasteiger partial charge in [0.25, 0.3) is 5.91 Å². The van der Waals surface area contributed by atoms with Gasteiger partial charge in [-0.3, -0.25) is 4.79 Å². The number of halogens is 2. The van der Waals surface area contributed by atoms with Gasteiger partial charge in [-0.25, -0.2) is 0 Å². The Kier molecular flexibility index (Phi) is 3.03. The summed E-state index contributed by atoms with van der Waals surface area (Å²) in [5, 5.41) is 3.64. The molecule has 15 heavy (non-hydrogen) atoms. The van der Waals surface area contributed by atoms with Crippen LogP contribution in [0.1, 0.15) is 29.3 Å². The van der Waals surface area contributed by atoms with Crippen molar-refractivity contribution in [2.24, 2.45) is 0 Å². The van der Waals surface area contributed by atoms with E-state index < -0.39 is 0 Å². The summed E-state index contributed by atoms with van der Waals surface area (Å²) >= 11 is 9.48. The second-order valence-corrected chi connectivity index (χ2v) is 4.93. The van der Waals surface area contributed by atoms with Crippen molar-refractivity contribution in [3.63, 3.8) is 0 Å². The number of carbonyl (C=O) groups excluding carboxylic acids is 1. The highest BCUT2D eigenvalue weighted by molar-refractivity contribution is 9.10. The first-order chi connectivity index (χ1) is 7.13. The highest BCUT2D eigenvalue weighted by Gasteiger charge is 2.26. The first-order valence-corrected chi connectivity index (χ1v) is 6.08. The minimum atomic E-state index is -0.0301. The first-order valence-electron chi connectivity index (χ1n) is 4.91. The Labute approximate surface area is 102 Å². The number of hydrogen-bond donors (Lipinski definition) is 1. The zero-order chi connectivity index (χ0) is 11.0. The van der Waals surface area contributed by atoms with Crippen molar-refractivity contribution in [3.05, 3.63) is 32.8 Å². The maximum atomic E-state index is 11.8. The summed E-state index contributed by atoms with van der Waals surface area (Å²) in [5.41, 5.74) is 1.65. The molecule has 0 aliphatic carbocycles. The van der Waals surface area contributed by atoms with Gasteiger partial charge in [0.2, 0.25) is 0 Å². The molecule has 0 bridgehead atoms. The average Bonchev–Trinajstić information content (AvgIpc) is 2.23. The van der Waals surface area contributed by atoms with Gasteiger partial charge in [0, 0.05) is 15.5 Å². The number of fused-ring (bicyclic) bond motifs is 1. The van der Waals surface area contributed by atoms with Crippen LogP contribution < -0.4 is 5.32 Å². The molecule has 1 heterocycles. The van der Waals surface area contributed by atoms with Crippen LogP contribution in [-0.4, -0.2) is 11.9 Å². The van der Waals surface area contributed by atoms with E-state index in [1.165, 1.54) is 0 Å². The molecule has 0 fully saturated rings. The molecule has 1 aromatic rings. The van der Waals surface area contributed by atoms with E-state index in [9.17, 15) is 4.79 Å². The van der Waals surface area contributed by atoms with Crippen LogP contribution in [0.25, 0.3) is 0 Å². The standard InChI is InChI=1S/C11H11BrClNO/c1-2-6-5-7-9(13)4-3-8(12)10(7)11(15)14-6/h3-4,6H,2,5H2,1H3,(H,14,15). The zero-order valence-corrected chi connectivity index (χ0v) is 10.7. The lowest BCUT2D eigenvalue weighted by molar-refractivity contribution is 0.0923. The summed E-state index contributed by atoms with van der Waals surface area (Å²) in [6, 6.07) is 3.85. The maximum absolute atomic E-state index is 11.8. The molecule has 1 amide bonds. The number of carbonyl (C=O) groups is 1. The number of hydrogen-bond acceptors (Lipinski definition) is 1. The van der Waals surface area contributed by atoms with Crippen LogP contribution in [0.4, 0.5) is 0 Å². The molecule has 1 atom stereocenters. The Bertz CT molecular complexity index is 419. The lowest BCUT2D eigenvalue weighted by Gasteiger charge is -2.26. The molecule has 1 aliphatic heterocycles. The molecule has 0 spiro atoms. The molecular formula is C11H11BrClNO. The number of benzene rings is 1. The molecule has 1 aromatic carbocycles. The summed E-state index contributed by atoms with van der Waals surface area (Å²) in [4.78, 5) is 11.8.